The summed E-state index contributed by atoms with van der Waals surface area (Å²) in [4.78, 5) is 79.6. The van der Waals surface area contributed by atoms with Crippen molar-refractivity contribution in [2.75, 3.05) is 81.7 Å². The molecule has 0 aromatic heterocycles. The lowest BCUT2D eigenvalue weighted by Crippen LogP contribution is -2.64. The van der Waals surface area contributed by atoms with E-state index in [-0.39, 0.29) is 111 Å². The molecule has 35 atom stereocenters. The minimum atomic E-state index is -1.37. The molecule has 1 aromatic rings. The van der Waals surface area contributed by atoms with Gasteiger partial charge in [0.25, 0.3) is 11.8 Å². The first-order valence-electron chi connectivity index (χ1n) is 37.4. The average Bonchev–Trinajstić information content (AvgIpc) is 1.39. The molecule has 14 unspecified atom stereocenters. The Balaban J connectivity index is 0.934. The summed E-state index contributed by atoms with van der Waals surface area (Å²) in [6.45, 7) is 31.1. The number of benzene rings is 1. The van der Waals surface area contributed by atoms with Crippen LogP contribution in [0.2, 0.25) is 0 Å². The first kappa shape index (κ1) is 84.5. The van der Waals surface area contributed by atoms with Crippen molar-refractivity contribution in [2.45, 2.75) is 259 Å². The molecule has 7 saturated heterocycles. The van der Waals surface area contributed by atoms with Crippen LogP contribution in [-0.2, 0) is 123 Å². The van der Waals surface area contributed by atoms with Gasteiger partial charge in [-0.05, 0) is 54.6 Å². The van der Waals surface area contributed by atoms with E-state index in [1.54, 1.807) is 59.8 Å². The van der Waals surface area contributed by atoms with Crippen LogP contribution < -0.4 is 0 Å². The second-order valence-corrected chi connectivity index (χ2v) is 30.6. The summed E-state index contributed by atoms with van der Waals surface area (Å²) in [5, 5.41) is 0. The van der Waals surface area contributed by atoms with Crippen LogP contribution in [0, 0.1) is 71.0 Å². The van der Waals surface area contributed by atoms with E-state index in [4.69, 9.17) is 104 Å². The summed E-state index contributed by atoms with van der Waals surface area (Å²) < 4.78 is 142. The van der Waals surface area contributed by atoms with Gasteiger partial charge in [-0.3, -0.25) is 33.7 Å². The van der Waals surface area contributed by atoms with Crippen molar-refractivity contribution in [3.8, 4) is 0 Å². The Bertz CT molecular complexity index is 2980. The molecule has 105 heavy (non-hydrogen) atoms. The fourth-order valence-corrected chi connectivity index (χ4v) is 16.5. The Hall–Kier alpha value is -4.48. The number of hydrogen-bond donors (Lipinski definition) is 0. The van der Waals surface area contributed by atoms with E-state index in [1.165, 1.54) is 27.7 Å². The number of esters is 4. The Labute approximate surface area is 618 Å². The fourth-order valence-electron chi connectivity index (χ4n) is 16.5. The molecule has 596 valence electrons. The van der Waals surface area contributed by atoms with Crippen LogP contribution >= 0.6 is 0 Å². The van der Waals surface area contributed by atoms with Gasteiger partial charge in [0.1, 0.15) is 68.7 Å². The summed E-state index contributed by atoms with van der Waals surface area (Å²) in [6.07, 6.45) is -18.4. The number of methoxy groups -OCH3 is 5. The molecule has 2 amide bonds. The van der Waals surface area contributed by atoms with Crippen LogP contribution in [0.15, 0.2) is 24.3 Å². The number of ether oxygens (including phenoxy) is 22. The Kier molecular flexibility index (Phi) is 30.2. The molecular formula is C76H119NO28. The molecule has 0 saturated carbocycles. The maximum Gasteiger partial charge on any atom is 0.303 e. The highest BCUT2D eigenvalue weighted by Gasteiger charge is 2.58. The second-order valence-electron chi connectivity index (χ2n) is 30.6. The fraction of sp³-hybridized carbons (Fsp3) is 0.842. The van der Waals surface area contributed by atoms with E-state index in [2.05, 4.69) is 27.7 Å². The van der Waals surface area contributed by atoms with Gasteiger partial charge in [-0.1, -0.05) is 95.2 Å². The lowest BCUT2D eigenvalue weighted by Gasteiger charge is -2.52. The topological polar surface area (TPSA) is 309 Å². The van der Waals surface area contributed by atoms with Crippen LogP contribution in [0.5, 0.6) is 0 Å². The van der Waals surface area contributed by atoms with E-state index >= 15 is 0 Å². The zero-order valence-corrected chi connectivity index (χ0v) is 65.3. The minimum absolute atomic E-state index is 0.00248. The molecule has 0 aliphatic carbocycles. The normalized spacial score (nSPS) is 43.1. The van der Waals surface area contributed by atoms with E-state index in [9.17, 15) is 28.8 Å². The van der Waals surface area contributed by atoms with Crippen LogP contribution in [0.25, 0.3) is 0 Å². The molecule has 8 aliphatic heterocycles. The van der Waals surface area contributed by atoms with Crippen molar-refractivity contribution in [2.24, 2.45) is 71.0 Å². The van der Waals surface area contributed by atoms with Gasteiger partial charge in [-0.2, -0.15) is 0 Å². The molecule has 0 radical (unpaired) electrons. The predicted molar refractivity (Wildman–Crippen MR) is 370 cm³/mol. The molecular weight excluding hydrogens is 1370 g/mol. The monoisotopic (exact) mass is 1490 g/mol. The van der Waals surface area contributed by atoms with Gasteiger partial charge < -0.3 is 104 Å². The summed E-state index contributed by atoms with van der Waals surface area (Å²) in [7, 11) is 7.93. The highest BCUT2D eigenvalue weighted by molar-refractivity contribution is 6.21. The standard InChI is InChI=1S/C76H119NO28/c1-34-36(3)54(31-89-47(14)78)95-71(40(34)7)102-65-45(12)68(93-50(17)81)76(99-59(65)33-91-49(16)80)103-60-38(5)41(8)72(94-53(60)27-77-69(82)51-25-23-24-26-52(51)70(77)83)100-63-43(10)67(88-22)75(98-56(63)29-85-19)105-62-39(6)42(9)73(96-55(62)28-84-18)101-64-44(11)66(87-21)74(97-57(64)30-86-20)104-61-37(4)35(2)46(13)92-58(61)32-90-48(15)79/h23-26,34-46,53-68,71-76H,27-33H2,1-22H3/t34?,35?,36-,37+,38+,39?,40?,41?,42?,43-,44?,45?,46-,53?,54-,55-,56?,57-,58?,59-,60-,61-,62-,63-,64-,65-,66?,67?,68?,71+,72+,73+,74-,75-,76-/m0/s1. The first-order chi connectivity index (χ1) is 49.9. The largest absolute Gasteiger partial charge is 0.463 e. The summed E-state index contributed by atoms with van der Waals surface area (Å²) in [5.74, 6) is -6.28. The quantitative estimate of drug-likeness (QED) is 0.0445. The SMILES string of the molecule is COCC1O[C@@H](O[C@H]2C(C)C(C)[C@@H](O[C@H]3C(C)C(OC)[C@H](O[C@@H]4C(COC(C)=O)O[C@@H](C)C(C)[C@H]4C)O[C@H]3COC)O[C@H]2COC)C(OC)[C@@H](C)[C@@H]1O[C@H]1OC(CN2C(=O)c3ccccc3C2=O)[C@@H](O[C@@H]2O[C@@H](COC(C)=O)[C@@H](O[C@H]3O[C@@H](COC(C)=O)[C@@H](C)C(C)C3C)C(C)C2OC(C)=O)[C@H](C)C1C. The number of carbonyl (C=O) groups is 6. The molecule has 0 bridgehead atoms. The number of amides is 2. The zero-order chi connectivity index (χ0) is 76.7. The van der Waals surface area contributed by atoms with Crippen LogP contribution in [0.3, 0.4) is 0 Å². The molecule has 8 heterocycles. The minimum Gasteiger partial charge on any atom is -0.463 e. The van der Waals surface area contributed by atoms with Gasteiger partial charge in [0.2, 0.25) is 0 Å². The summed E-state index contributed by atoms with van der Waals surface area (Å²) in [5.41, 5.74) is 0.456. The number of hydrogen-bond acceptors (Lipinski definition) is 28. The van der Waals surface area contributed by atoms with Crippen molar-refractivity contribution in [3.05, 3.63) is 35.4 Å². The second kappa shape index (κ2) is 37.5. The third kappa shape index (κ3) is 19.1. The number of imide groups is 1. The highest BCUT2D eigenvalue weighted by atomic mass is 16.8. The van der Waals surface area contributed by atoms with E-state index in [0.717, 1.165) is 4.90 Å². The lowest BCUT2D eigenvalue weighted by atomic mass is 9.79. The lowest BCUT2D eigenvalue weighted by molar-refractivity contribution is -0.381. The number of fused-ring (bicyclic) bond motifs is 1. The summed E-state index contributed by atoms with van der Waals surface area (Å²) >= 11 is 0. The van der Waals surface area contributed by atoms with Gasteiger partial charge in [0.05, 0.1) is 86.3 Å². The average molecular weight is 1490 g/mol. The number of nitrogens with zero attached hydrogens (tertiary/aromatic N) is 1. The van der Waals surface area contributed by atoms with Gasteiger partial charge in [-0.25, -0.2) is 0 Å². The highest BCUT2D eigenvalue weighted by Crippen LogP contribution is 2.46. The molecule has 29 heteroatoms. The third-order valence-electron chi connectivity index (χ3n) is 23.9. The Morgan fingerprint density at radius 1 is 0.324 bits per heavy atom. The van der Waals surface area contributed by atoms with Crippen molar-refractivity contribution < 1.29 is 133 Å². The number of carbonyl (C=O) groups excluding carboxylic acids is 6. The molecule has 1 aromatic carbocycles. The van der Waals surface area contributed by atoms with Gasteiger partial charge in [-0.15, -0.1) is 0 Å². The van der Waals surface area contributed by atoms with E-state index in [0.29, 0.717) is 0 Å². The molecule has 9 rings (SSSR count). The molecule has 0 N–H and O–H groups in total. The third-order valence-corrected chi connectivity index (χ3v) is 23.9. The van der Waals surface area contributed by atoms with Crippen molar-refractivity contribution in [1.82, 2.24) is 4.90 Å². The maximum absolute atomic E-state index is 14.3. The smallest absolute Gasteiger partial charge is 0.303 e. The summed E-state index contributed by atoms with van der Waals surface area (Å²) in [6, 6.07) is 6.57. The van der Waals surface area contributed by atoms with Gasteiger partial charge >= 0.3 is 23.9 Å². The maximum atomic E-state index is 14.3. The van der Waals surface area contributed by atoms with Crippen molar-refractivity contribution in [3.63, 3.8) is 0 Å². The molecule has 7 fully saturated rings. The van der Waals surface area contributed by atoms with Crippen molar-refractivity contribution in [1.29, 1.82) is 0 Å². The predicted octanol–water partition coefficient (Wildman–Crippen LogP) is 6.95. The van der Waals surface area contributed by atoms with Crippen LogP contribution in [0.1, 0.15) is 138 Å². The van der Waals surface area contributed by atoms with Crippen LogP contribution in [0.4, 0.5) is 0 Å². The number of rotatable bonds is 29. The Morgan fingerprint density at radius 3 is 1.02 bits per heavy atom. The van der Waals surface area contributed by atoms with E-state index < -0.39 is 195 Å². The van der Waals surface area contributed by atoms with Gasteiger partial charge in [0, 0.05) is 98.8 Å². The van der Waals surface area contributed by atoms with E-state index in [1.807, 2.05) is 62.3 Å². The van der Waals surface area contributed by atoms with Gasteiger partial charge in [0.15, 0.2) is 43.8 Å². The van der Waals surface area contributed by atoms with Crippen LogP contribution in [-0.4, -0.2) is 264 Å². The molecule has 8 aliphatic rings. The molecule has 0 spiro atoms. The Morgan fingerprint density at radius 2 is 0.629 bits per heavy atom. The first-order valence-corrected chi connectivity index (χ1v) is 37.4. The molecule has 29 nitrogen and oxygen atoms in total. The zero-order valence-electron chi connectivity index (χ0n) is 65.3. The van der Waals surface area contributed by atoms with Crippen molar-refractivity contribution >= 4 is 35.7 Å².